The Balaban J connectivity index is 1.51. The van der Waals surface area contributed by atoms with E-state index in [1.807, 2.05) is 13.2 Å². The molecule has 4 aromatic rings. The van der Waals surface area contributed by atoms with Gasteiger partial charge in [0.25, 0.3) is 0 Å². The van der Waals surface area contributed by atoms with Gasteiger partial charge >= 0.3 is 5.69 Å². The molecule has 3 aromatic heterocycles. The molecule has 0 aliphatic heterocycles. The number of carbonyl (C=O) groups is 1. The first-order chi connectivity index (χ1) is 14.4. The van der Waals surface area contributed by atoms with Crippen LogP contribution in [0.1, 0.15) is 32.9 Å². The second-order valence-electron chi connectivity index (χ2n) is 6.92. The Morgan fingerprint density at radius 1 is 1.17 bits per heavy atom. The van der Waals surface area contributed by atoms with Crippen molar-refractivity contribution in [2.24, 2.45) is 7.05 Å². The van der Waals surface area contributed by atoms with Gasteiger partial charge in [0, 0.05) is 19.7 Å². The molecule has 4 rings (SSSR count). The Morgan fingerprint density at radius 3 is 2.63 bits per heavy atom. The van der Waals surface area contributed by atoms with Crippen molar-refractivity contribution in [1.29, 1.82) is 0 Å². The average Bonchev–Trinajstić information content (AvgIpc) is 3.41. The summed E-state index contributed by atoms with van der Waals surface area (Å²) in [6.45, 7) is 1.97. The van der Waals surface area contributed by atoms with Gasteiger partial charge in [-0.1, -0.05) is 23.5 Å². The summed E-state index contributed by atoms with van der Waals surface area (Å²) in [6, 6.07) is 5.89. The predicted octanol–water partition coefficient (Wildman–Crippen LogP) is 2.54. The van der Waals surface area contributed by atoms with Gasteiger partial charge < -0.3 is 0 Å². The lowest BCUT2D eigenvalue weighted by molar-refractivity contribution is 0.0986. The fourth-order valence-corrected chi connectivity index (χ4v) is 4.05. The van der Waals surface area contributed by atoms with Crippen molar-refractivity contribution in [2.75, 3.05) is 0 Å². The predicted molar refractivity (Wildman–Crippen MR) is 110 cm³/mol. The molecule has 0 aliphatic carbocycles. The van der Waals surface area contributed by atoms with Crippen molar-refractivity contribution in [3.8, 4) is 5.13 Å². The number of thiazole rings is 1. The van der Waals surface area contributed by atoms with Crippen LogP contribution in [0.5, 0.6) is 0 Å². The second kappa shape index (κ2) is 8.15. The van der Waals surface area contributed by atoms with Crippen molar-refractivity contribution in [1.82, 2.24) is 29.1 Å². The van der Waals surface area contributed by atoms with Gasteiger partial charge in [-0.05, 0) is 36.6 Å². The summed E-state index contributed by atoms with van der Waals surface area (Å²) in [5, 5.41) is 8.62. The number of Topliss-reactive ketones (excluding diaryl/α,β-unsaturated/α-hetero) is 1. The molecular weight excluding hydrogens is 407 g/mol. The van der Waals surface area contributed by atoms with E-state index in [2.05, 4.69) is 15.2 Å². The highest BCUT2D eigenvalue weighted by atomic mass is 32.1. The maximum absolute atomic E-state index is 13.1. The van der Waals surface area contributed by atoms with Crippen LogP contribution in [0, 0.1) is 12.7 Å². The van der Waals surface area contributed by atoms with Gasteiger partial charge in [0.15, 0.2) is 10.9 Å². The number of carbonyl (C=O) groups excluding carboxylic acids is 1. The highest BCUT2D eigenvalue weighted by Crippen LogP contribution is 2.22. The molecule has 0 bridgehead atoms. The molecule has 0 fully saturated rings. The van der Waals surface area contributed by atoms with Crippen LogP contribution in [0.2, 0.25) is 0 Å². The lowest BCUT2D eigenvalue weighted by Crippen LogP contribution is -2.24. The lowest BCUT2D eigenvalue weighted by atomic mass is 10.1. The van der Waals surface area contributed by atoms with Crippen LogP contribution in [-0.4, -0.2) is 34.9 Å². The molecule has 0 N–H and O–H groups in total. The summed E-state index contributed by atoms with van der Waals surface area (Å²) in [5.74, 6) is -0.359. The van der Waals surface area contributed by atoms with E-state index in [4.69, 9.17) is 0 Å². The molecule has 0 unspecified atom stereocenters. The number of rotatable bonds is 7. The number of halogens is 1. The number of hydrogen-bond donors (Lipinski definition) is 0. The van der Waals surface area contributed by atoms with E-state index in [1.54, 1.807) is 29.9 Å². The maximum atomic E-state index is 13.1. The molecule has 30 heavy (non-hydrogen) atoms. The topological polar surface area (TPSA) is 87.6 Å². The molecule has 0 amide bonds. The van der Waals surface area contributed by atoms with Crippen LogP contribution in [-0.2, 0) is 20.0 Å². The standard InChI is InChI=1S/C20H19FN6O2S/c1-13-18(17(28)8-5-15-9-22-25(2)10-15)30-19(24-13)26-12-23-27(20(26)29)11-14-3-6-16(21)7-4-14/h3-4,6-7,9-10,12H,5,8,11H2,1-2H3. The van der Waals surface area contributed by atoms with Gasteiger partial charge in [0.05, 0.1) is 23.3 Å². The molecule has 3 heterocycles. The van der Waals surface area contributed by atoms with Crippen molar-refractivity contribution < 1.29 is 9.18 Å². The first kappa shape index (κ1) is 19.9. The smallest absolute Gasteiger partial charge is 0.293 e. The van der Waals surface area contributed by atoms with E-state index in [0.29, 0.717) is 28.5 Å². The summed E-state index contributed by atoms with van der Waals surface area (Å²) in [6.07, 6.45) is 5.94. The molecule has 0 saturated heterocycles. The first-order valence-electron chi connectivity index (χ1n) is 9.28. The van der Waals surface area contributed by atoms with E-state index >= 15 is 0 Å². The molecule has 0 spiro atoms. The summed E-state index contributed by atoms with van der Waals surface area (Å²) in [7, 11) is 1.83. The van der Waals surface area contributed by atoms with Crippen LogP contribution >= 0.6 is 11.3 Å². The molecule has 0 radical (unpaired) electrons. The van der Waals surface area contributed by atoms with Crippen LogP contribution < -0.4 is 5.69 Å². The number of nitrogens with zero attached hydrogens (tertiary/aromatic N) is 6. The molecule has 10 heteroatoms. The minimum Gasteiger partial charge on any atom is -0.293 e. The third kappa shape index (κ3) is 4.13. The third-order valence-electron chi connectivity index (χ3n) is 4.62. The zero-order valence-electron chi connectivity index (χ0n) is 16.4. The van der Waals surface area contributed by atoms with Gasteiger partial charge in [0.1, 0.15) is 12.1 Å². The molecule has 0 saturated carbocycles. The highest BCUT2D eigenvalue weighted by Gasteiger charge is 2.18. The van der Waals surface area contributed by atoms with Crippen LogP contribution in [0.15, 0.2) is 47.8 Å². The maximum Gasteiger partial charge on any atom is 0.352 e. The summed E-state index contributed by atoms with van der Waals surface area (Å²) in [5.41, 5.74) is 1.96. The highest BCUT2D eigenvalue weighted by molar-refractivity contribution is 7.16. The van der Waals surface area contributed by atoms with Crippen LogP contribution in [0.3, 0.4) is 0 Å². The molecule has 0 aliphatic rings. The quantitative estimate of drug-likeness (QED) is 0.424. The van der Waals surface area contributed by atoms with E-state index in [9.17, 15) is 14.0 Å². The van der Waals surface area contributed by atoms with Gasteiger partial charge in [-0.15, -0.1) is 0 Å². The van der Waals surface area contributed by atoms with Crippen molar-refractivity contribution in [3.05, 3.63) is 81.0 Å². The van der Waals surface area contributed by atoms with Crippen LogP contribution in [0.25, 0.3) is 5.13 Å². The van der Waals surface area contributed by atoms with E-state index in [1.165, 1.54) is 39.0 Å². The average molecular weight is 426 g/mol. The summed E-state index contributed by atoms with van der Waals surface area (Å²) in [4.78, 5) is 30.3. The fourth-order valence-electron chi connectivity index (χ4n) is 3.06. The largest absolute Gasteiger partial charge is 0.352 e. The van der Waals surface area contributed by atoms with Crippen LogP contribution in [0.4, 0.5) is 4.39 Å². The van der Waals surface area contributed by atoms with Gasteiger partial charge in [-0.25, -0.2) is 23.4 Å². The lowest BCUT2D eigenvalue weighted by Gasteiger charge is -2.00. The van der Waals surface area contributed by atoms with Gasteiger partial charge in [-0.3, -0.25) is 9.48 Å². The van der Waals surface area contributed by atoms with E-state index < -0.39 is 0 Å². The number of benzene rings is 1. The van der Waals surface area contributed by atoms with Crippen molar-refractivity contribution >= 4 is 17.1 Å². The minimum absolute atomic E-state index is 0.0214. The molecular formula is C20H19FN6O2S. The number of hydrogen-bond acceptors (Lipinski definition) is 6. The summed E-state index contributed by atoms with van der Waals surface area (Å²) >= 11 is 1.18. The monoisotopic (exact) mass is 426 g/mol. The molecule has 8 nitrogen and oxygen atoms in total. The van der Waals surface area contributed by atoms with Gasteiger partial charge in [0.2, 0.25) is 0 Å². The Kier molecular flexibility index (Phi) is 5.40. The van der Waals surface area contributed by atoms with E-state index in [-0.39, 0.29) is 23.8 Å². The Morgan fingerprint density at radius 2 is 1.93 bits per heavy atom. The first-order valence-corrected chi connectivity index (χ1v) is 10.1. The third-order valence-corrected chi connectivity index (χ3v) is 5.82. The summed E-state index contributed by atoms with van der Waals surface area (Å²) < 4.78 is 17.4. The zero-order chi connectivity index (χ0) is 21.3. The SMILES string of the molecule is Cc1nc(-n2cnn(Cc3ccc(F)cc3)c2=O)sc1C(=O)CCc1cnn(C)c1. The Bertz CT molecular complexity index is 1250. The molecule has 1 aromatic carbocycles. The Hall–Kier alpha value is -3.40. The van der Waals surface area contributed by atoms with E-state index in [0.717, 1.165) is 11.1 Å². The fraction of sp³-hybridized carbons (Fsp3) is 0.250. The minimum atomic E-state index is -0.373. The molecule has 154 valence electrons. The number of aryl methyl sites for hydroxylation is 3. The Labute approximate surface area is 175 Å². The zero-order valence-corrected chi connectivity index (χ0v) is 17.3. The van der Waals surface area contributed by atoms with Crippen molar-refractivity contribution in [3.63, 3.8) is 0 Å². The van der Waals surface area contributed by atoms with Gasteiger partial charge in [-0.2, -0.15) is 10.2 Å². The number of aromatic nitrogens is 6. The second-order valence-corrected chi connectivity index (χ2v) is 7.90. The number of ketones is 1. The normalized spacial score (nSPS) is 11.2. The van der Waals surface area contributed by atoms with Crippen molar-refractivity contribution in [2.45, 2.75) is 26.3 Å². The molecule has 0 atom stereocenters.